The highest BCUT2D eigenvalue weighted by atomic mass is 16.4. The first-order valence-corrected chi connectivity index (χ1v) is 6.70. The Bertz CT molecular complexity index is 463. The molecule has 110 valence electrons. The summed E-state index contributed by atoms with van der Waals surface area (Å²) in [6.07, 6.45) is 0.922. The van der Waals surface area contributed by atoms with E-state index in [2.05, 4.69) is 5.32 Å². The van der Waals surface area contributed by atoms with E-state index in [4.69, 9.17) is 5.11 Å². The topological polar surface area (TPSA) is 86.6 Å². The maximum absolute atomic E-state index is 12.0. The van der Waals surface area contributed by atoms with Gasteiger partial charge in [0, 0.05) is 12.1 Å². The Labute approximate surface area is 118 Å². The lowest BCUT2D eigenvalue weighted by Gasteiger charge is -2.26. The third-order valence-electron chi connectivity index (χ3n) is 3.79. The van der Waals surface area contributed by atoms with Crippen molar-refractivity contribution in [1.82, 2.24) is 5.32 Å². The van der Waals surface area contributed by atoms with Crippen LogP contribution in [0, 0.1) is 5.41 Å². The highest BCUT2D eigenvalue weighted by Gasteiger charge is 2.35. The zero-order valence-electron chi connectivity index (χ0n) is 11.8. The molecule has 20 heavy (non-hydrogen) atoms. The van der Waals surface area contributed by atoms with Crippen LogP contribution in [0.5, 0.6) is 0 Å². The SMILES string of the molecule is CCC(CC)(CNC(=O)c1ccc(CO)cc1)C(=O)O. The van der Waals surface area contributed by atoms with Gasteiger partial charge in [0.05, 0.1) is 12.0 Å². The lowest BCUT2D eigenvalue weighted by Crippen LogP contribution is -2.42. The zero-order valence-corrected chi connectivity index (χ0v) is 11.8. The summed E-state index contributed by atoms with van der Waals surface area (Å²) in [4.78, 5) is 23.3. The number of hydrogen-bond donors (Lipinski definition) is 3. The molecular weight excluding hydrogens is 258 g/mol. The predicted molar refractivity (Wildman–Crippen MR) is 75.3 cm³/mol. The molecule has 0 saturated carbocycles. The second kappa shape index (κ2) is 7.05. The van der Waals surface area contributed by atoms with E-state index >= 15 is 0 Å². The summed E-state index contributed by atoms with van der Waals surface area (Å²) in [6, 6.07) is 6.56. The number of aliphatic hydroxyl groups is 1. The van der Waals surface area contributed by atoms with Crippen LogP contribution >= 0.6 is 0 Å². The molecule has 0 fully saturated rings. The predicted octanol–water partition coefficient (Wildman–Crippen LogP) is 1.80. The van der Waals surface area contributed by atoms with Gasteiger partial charge in [-0.15, -0.1) is 0 Å². The van der Waals surface area contributed by atoms with Gasteiger partial charge in [-0.05, 0) is 30.5 Å². The molecule has 1 rings (SSSR count). The largest absolute Gasteiger partial charge is 0.481 e. The van der Waals surface area contributed by atoms with Crippen LogP contribution in [0.3, 0.4) is 0 Å². The van der Waals surface area contributed by atoms with Gasteiger partial charge in [0.1, 0.15) is 0 Å². The molecule has 0 atom stereocenters. The molecule has 0 radical (unpaired) electrons. The van der Waals surface area contributed by atoms with E-state index in [1.54, 1.807) is 38.1 Å². The van der Waals surface area contributed by atoms with Crippen LogP contribution in [-0.4, -0.2) is 28.6 Å². The van der Waals surface area contributed by atoms with Crippen molar-refractivity contribution in [3.05, 3.63) is 35.4 Å². The van der Waals surface area contributed by atoms with Crippen molar-refractivity contribution in [1.29, 1.82) is 0 Å². The first kappa shape index (κ1) is 16.2. The molecule has 1 amide bonds. The maximum atomic E-state index is 12.0. The molecule has 0 spiro atoms. The summed E-state index contributed by atoms with van der Waals surface area (Å²) in [5.74, 6) is -1.19. The Morgan fingerprint density at radius 3 is 2.10 bits per heavy atom. The zero-order chi connectivity index (χ0) is 15.2. The lowest BCUT2D eigenvalue weighted by atomic mass is 9.82. The fourth-order valence-electron chi connectivity index (χ4n) is 1.99. The van der Waals surface area contributed by atoms with Gasteiger partial charge in [-0.1, -0.05) is 26.0 Å². The van der Waals surface area contributed by atoms with E-state index in [9.17, 15) is 14.7 Å². The number of amides is 1. The molecule has 0 aliphatic rings. The summed E-state index contributed by atoms with van der Waals surface area (Å²) >= 11 is 0. The van der Waals surface area contributed by atoms with Crippen molar-refractivity contribution >= 4 is 11.9 Å². The quantitative estimate of drug-likeness (QED) is 0.710. The minimum absolute atomic E-state index is 0.0737. The molecule has 0 aliphatic heterocycles. The molecule has 0 aromatic heterocycles. The maximum Gasteiger partial charge on any atom is 0.311 e. The second-order valence-electron chi connectivity index (χ2n) is 4.83. The summed E-state index contributed by atoms with van der Waals surface area (Å²) in [5, 5.41) is 20.9. The number of nitrogens with one attached hydrogen (secondary N) is 1. The second-order valence-corrected chi connectivity index (χ2v) is 4.83. The number of carbonyl (C=O) groups excluding carboxylic acids is 1. The van der Waals surface area contributed by atoms with Crippen molar-refractivity contribution in [3.63, 3.8) is 0 Å². The minimum Gasteiger partial charge on any atom is -0.481 e. The van der Waals surface area contributed by atoms with E-state index in [0.717, 1.165) is 5.56 Å². The average molecular weight is 279 g/mol. The van der Waals surface area contributed by atoms with Gasteiger partial charge >= 0.3 is 5.97 Å². The fraction of sp³-hybridized carbons (Fsp3) is 0.467. The van der Waals surface area contributed by atoms with Crippen LogP contribution in [0.4, 0.5) is 0 Å². The molecule has 5 heteroatoms. The molecule has 0 saturated heterocycles. The summed E-state index contributed by atoms with van der Waals surface area (Å²) < 4.78 is 0. The van der Waals surface area contributed by atoms with E-state index in [1.807, 2.05) is 0 Å². The smallest absolute Gasteiger partial charge is 0.311 e. The van der Waals surface area contributed by atoms with Crippen molar-refractivity contribution in [2.24, 2.45) is 5.41 Å². The van der Waals surface area contributed by atoms with Gasteiger partial charge in [-0.3, -0.25) is 9.59 Å². The number of aliphatic hydroxyl groups excluding tert-OH is 1. The third-order valence-corrected chi connectivity index (χ3v) is 3.79. The van der Waals surface area contributed by atoms with Gasteiger partial charge in [0.15, 0.2) is 0 Å². The van der Waals surface area contributed by atoms with Crippen LogP contribution in [-0.2, 0) is 11.4 Å². The molecule has 5 nitrogen and oxygen atoms in total. The lowest BCUT2D eigenvalue weighted by molar-refractivity contribution is -0.149. The van der Waals surface area contributed by atoms with Crippen LogP contribution in [0.15, 0.2) is 24.3 Å². The minimum atomic E-state index is -0.916. The van der Waals surface area contributed by atoms with Crippen molar-refractivity contribution in [2.45, 2.75) is 33.3 Å². The fourth-order valence-corrected chi connectivity index (χ4v) is 1.99. The number of carbonyl (C=O) groups is 2. The standard InChI is InChI=1S/C15H21NO4/c1-3-15(4-2,14(19)20)10-16-13(18)12-7-5-11(9-17)6-8-12/h5-8,17H,3-4,9-10H2,1-2H3,(H,16,18)(H,19,20). The molecule has 3 N–H and O–H groups in total. The Kier molecular flexibility index (Phi) is 5.70. The van der Waals surface area contributed by atoms with Crippen molar-refractivity contribution in [3.8, 4) is 0 Å². The Morgan fingerprint density at radius 2 is 1.70 bits per heavy atom. The monoisotopic (exact) mass is 279 g/mol. The molecule has 0 bridgehead atoms. The number of aliphatic carboxylic acids is 1. The van der Waals surface area contributed by atoms with Crippen LogP contribution < -0.4 is 5.32 Å². The number of carboxylic acids is 1. The molecule has 1 aromatic carbocycles. The van der Waals surface area contributed by atoms with E-state index in [-0.39, 0.29) is 19.1 Å². The highest BCUT2D eigenvalue weighted by Crippen LogP contribution is 2.25. The number of hydrogen-bond acceptors (Lipinski definition) is 3. The first-order valence-electron chi connectivity index (χ1n) is 6.70. The van der Waals surface area contributed by atoms with Crippen LogP contribution in [0.25, 0.3) is 0 Å². The van der Waals surface area contributed by atoms with Crippen LogP contribution in [0.1, 0.15) is 42.6 Å². The van der Waals surface area contributed by atoms with Crippen molar-refractivity contribution < 1.29 is 19.8 Å². The summed E-state index contributed by atoms with van der Waals surface area (Å²) in [7, 11) is 0. The van der Waals surface area contributed by atoms with Gasteiger partial charge < -0.3 is 15.5 Å². The molecule has 0 aliphatic carbocycles. The summed E-state index contributed by atoms with van der Waals surface area (Å²) in [6.45, 7) is 3.64. The normalized spacial score (nSPS) is 11.2. The molecule has 1 aromatic rings. The summed E-state index contributed by atoms with van der Waals surface area (Å²) in [5.41, 5.74) is 0.262. The van der Waals surface area contributed by atoms with Crippen LogP contribution in [0.2, 0.25) is 0 Å². The Morgan fingerprint density at radius 1 is 1.15 bits per heavy atom. The molecule has 0 unspecified atom stereocenters. The van der Waals surface area contributed by atoms with Gasteiger partial charge in [-0.2, -0.15) is 0 Å². The van der Waals surface area contributed by atoms with E-state index < -0.39 is 11.4 Å². The molecule has 0 heterocycles. The third kappa shape index (κ3) is 3.57. The number of benzene rings is 1. The number of rotatable bonds is 7. The average Bonchev–Trinajstić information content (AvgIpc) is 2.48. The van der Waals surface area contributed by atoms with E-state index in [0.29, 0.717) is 18.4 Å². The Hall–Kier alpha value is -1.88. The van der Waals surface area contributed by atoms with Gasteiger partial charge in [0.2, 0.25) is 0 Å². The highest BCUT2D eigenvalue weighted by molar-refractivity contribution is 5.94. The van der Waals surface area contributed by atoms with Crippen molar-refractivity contribution in [2.75, 3.05) is 6.54 Å². The Balaban J connectivity index is 2.72. The van der Waals surface area contributed by atoms with Gasteiger partial charge in [0.25, 0.3) is 5.91 Å². The van der Waals surface area contributed by atoms with E-state index in [1.165, 1.54) is 0 Å². The molecular formula is C15H21NO4. The number of carboxylic acid groups (broad SMARTS) is 1. The first-order chi connectivity index (χ1) is 9.49. The van der Waals surface area contributed by atoms with Gasteiger partial charge in [-0.25, -0.2) is 0 Å².